The Labute approximate surface area is 123 Å². The van der Waals surface area contributed by atoms with E-state index < -0.39 is 5.97 Å². The zero-order chi connectivity index (χ0) is 14.3. The lowest BCUT2D eigenvalue weighted by Crippen LogP contribution is -2.32. The second-order valence-corrected chi connectivity index (χ2v) is 7.67. The molecule has 1 aromatic heterocycles. The van der Waals surface area contributed by atoms with Crippen molar-refractivity contribution in [1.29, 1.82) is 0 Å². The Morgan fingerprint density at radius 2 is 2.15 bits per heavy atom. The molecule has 2 fully saturated rings. The molecule has 2 aliphatic rings. The lowest BCUT2D eigenvalue weighted by Gasteiger charge is -2.27. The number of thiazole rings is 1. The van der Waals surface area contributed by atoms with Crippen molar-refractivity contribution < 1.29 is 9.90 Å². The molecule has 1 saturated heterocycles. The summed E-state index contributed by atoms with van der Waals surface area (Å²) in [5.74, 6) is -0.798. The van der Waals surface area contributed by atoms with Crippen molar-refractivity contribution in [2.24, 2.45) is 11.3 Å². The molecular weight excluding hydrogens is 272 g/mol. The number of aryl methyl sites for hydroxylation is 2. The molecular formula is C15H22N2O2S. The average molecular weight is 294 g/mol. The van der Waals surface area contributed by atoms with Crippen LogP contribution in [0.15, 0.2) is 0 Å². The fourth-order valence-electron chi connectivity index (χ4n) is 3.92. The first kappa shape index (κ1) is 14.0. The van der Waals surface area contributed by atoms with E-state index in [4.69, 9.17) is 0 Å². The van der Waals surface area contributed by atoms with Gasteiger partial charge in [0.15, 0.2) is 0 Å². The molecule has 1 saturated carbocycles. The van der Waals surface area contributed by atoms with E-state index in [9.17, 15) is 9.90 Å². The summed E-state index contributed by atoms with van der Waals surface area (Å²) in [6.07, 6.45) is 4.53. The van der Waals surface area contributed by atoms with E-state index in [0.29, 0.717) is 6.54 Å². The van der Waals surface area contributed by atoms with Crippen LogP contribution < -0.4 is 0 Å². The molecule has 1 aromatic rings. The predicted molar refractivity (Wildman–Crippen MR) is 78.9 cm³/mol. The molecule has 1 atom stereocenters. The van der Waals surface area contributed by atoms with Crippen LogP contribution in [0.5, 0.6) is 0 Å². The van der Waals surface area contributed by atoms with E-state index >= 15 is 0 Å². The van der Waals surface area contributed by atoms with E-state index in [1.165, 1.54) is 17.7 Å². The van der Waals surface area contributed by atoms with Gasteiger partial charge in [-0.1, -0.05) is 12.8 Å². The largest absolute Gasteiger partial charge is 0.481 e. The third-order valence-electron chi connectivity index (χ3n) is 5.05. The van der Waals surface area contributed by atoms with Crippen LogP contribution in [0, 0.1) is 25.2 Å². The Bertz CT molecular complexity index is 500. The van der Waals surface area contributed by atoms with Gasteiger partial charge in [0.1, 0.15) is 5.01 Å². The van der Waals surface area contributed by atoms with Gasteiger partial charge in [-0.05, 0) is 32.1 Å². The average Bonchev–Trinajstić information content (AvgIpc) is 3.04. The summed E-state index contributed by atoms with van der Waals surface area (Å²) in [4.78, 5) is 19.7. The molecule has 1 N–H and O–H groups in total. The Kier molecular flexibility index (Phi) is 3.58. The normalized spacial score (nSPS) is 25.6. The number of hydrogen-bond acceptors (Lipinski definition) is 4. The first-order chi connectivity index (χ1) is 9.50. The van der Waals surface area contributed by atoms with Gasteiger partial charge in [-0.3, -0.25) is 9.69 Å². The van der Waals surface area contributed by atoms with E-state index in [2.05, 4.69) is 16.8 Å². The third kappa shape index (κ3) is 2.37. The number of carboxylic acid groups (broad SMARTS) is 1. The highest BCUT2D eigenvalue weighted by molar-refractivity contribution is 7.11. The Balaban J connectivity index is 1.74. The van der Waals surface area contributed by atoms with Crippen molar-refractivity contribution in [2.75, 3.05) is 13.1 Å². The van der Waals surface area contributed by atoms with Gasteiger partial charge in [-0.25, -0.2) is 4.98 Å². The highest BCUT2D eigenvalue weighted by atomic mass is 32.1. The van der Waals surface area contributed by atoms with Crippen LogP contribution in [0.25, 0.3) is 0 Å². The smallest absolute Gasteiger partial charge is 0.308 e. The maximum atomic E-state index is 11.6. The fourth-order valence-corrected chi connectivity index (χ4v) is 4.89. The molecule has 4 nitrogen and oxygen atoms in total. The Hall–Kier alpha value is -0.940. The van der Waals surface area contributed by atoms with Crippen LogP contribution in [0.1, 0.15) is 41.3 Å². The highest BCUT2D eigenvalue weighted by Gasteiger charge is 2.51. The highest BCUT2D eigenvalue weighted by Crippen LogP contribution is 2.49. The van der Waals surface area contributed by atoms with Crippen molar-refractivity contribution in [3.8, 4) is 0 Å². The number of carbonyl (C=O) groups is 1. The van der Waals surface area contributed by atoms with Crippen molar-refractivity contribution >= 4 is 17.3 Å². The standard InChI is InChI=1S/C15H22N2O2S/c1-10-11(2)20-13(16-10)8-17-7-12(14(18)19)15(9-17)5-3-4-6-15/h12H,3-9H2,1-2H3,(H,18,19). The molecule has 3 rings (SSSR count). The van der Waals surface area contributed by atoms with Gasteiger partial charge < -0.3 is 5.11 Å². The maximum Gasteiger partial charge on any atom is 0.308 e. The zero-order valence-electron chi connectivity index (χ0n) is 12.2. The Morgan fingerprint density at radius 1 is 1.45 bits per heavy atom. The summed E-state index contributed by atoms with van der Waals surface area (Å²) < 4.78 is 0. The summed E-state index contributed by atoms with van der Waals surface area (Å²) in [6, 6.07) is 0. The molecule has 5 heteroatoms. The maximum absolute atomic E-state index is 11.6. The second kappa shape index (κ2) is 5.11. The fraction of sp³-hybridized carbons (Fsp3) is 0.733. The molecule has 20 heavy (non-hydrogen) atoms. The van der Waals surface area contributed by atoms with Gasteiger partial charge in [0.2, 0.25) is 0 Å². The number of rotatable bonds is 3. The molecule has 2 heterocycles. The van der Waals surface area contributed by atoms with Crippen LogP contribution in [-0.2, 0) is 11.3 Å². The lowest BCUT2D eigenvalue weighted by molar-refractivity contribution is -0.144. The van der Waals surface area contributed by atoms with Crippen molar-refractivity contribution in [1.82, 2.24) is 9.88 Å². The summed E-state index contributed by atoms with van der Waals surface area (Å²) >= 11 is 1.74. The van der Waals surface area contributed by atoms with Gasteiger partial charge >= 0.3 is 5.97 Å². The van der Waals surface area contributed by atoms with Crippen molar-refractivity contribution in [3.63, 3.8) is 0 Å². The number of hydrogen-bond donors (Lipinski definition) is 1. The van der Waals surface area contributed by atoms with Crippen molar-refractivity contribution in [3.05, 3.63) is 15.6 Å². The van der Waals surface area contributed by atoms with Gasteiger partial charge in [-0.2, -0.15) is 0 Å². The number of likely N-dealkylation sites (tertiary alicyclic amines) is 1. The third-order valence-corrected chi connectivity index (χ3v) is 6.11. The summed E-state index contributed by atoms with van der Waals surface area (Å²) in [5.41, 5.74) is 1.14. The molecule has 110 valence electrons. The van der Waals surface area contributed by atoms with Crippen LogP contribution >= 0.6 is 11.3 Å². The van der Waals surface area contributed by atoms with Gasteiger partial charge in [0.05, 0.1) is 18.2 Å². The zero-order valence-corrected chi connectivity index (χ0v) is 13.0. The number of carboxylic acids is 1. The number of aliphatic carboxylic acids is 1. The Morgan fingerprint density at radius 3 is 2.70 bits per heavy atom. The minimum Gasteiger partial charge on any atom is -0.481 e. The molecule has 0 aromatic carbocycles. The summed E-state index contributed by atoms with van der Waals surface area (Å²) in [7, 11) is 0. The topological polar surface area (TPSA) is 53.4 Å². The SMILES string of the molecule is Cc1nc(CN2CC(C(=O)O)C3(CCCC3)C2)sc1C. The van der Waals surface area contributed by atoms with Crippen LogP contribution in [0.2, 0.25) is 0 Å². The van der Waals surface area contributed by atoms with Gasteiger partial charge in [0.25, 0.3) is 0 Å². The van der Waals surface area contributed by atoms with Crippen molar-refractivity contribution in [2.45, 2.75) is 46.1 Å². The molecule has 1 unspecified atom stereocenters. The molecule has 1 aliphatic carbocycles. The van der Waals surface area contributed by atoms with Crippen LogP contribution in [0.4, 0.5) is 0 Å². The monoisotopic (exact) mass is 294 g/mol. The number of nitrogens with zero attached hydrogens (tertiary/aromatic N) is 2. The first-order valence-electron chi connectivity index (χ1n) is 7.38. The van der Waals surface area contributed by atoms with Crippen LogP contribution in [-0.4, -0.2) is 34.0 Å². The first-order valence-corrected chi connectivity index (χ1v) is 8.20. The lowest BCUT2D eigenvalue weighted by atomic mass is 9.77. The van der Waals surface area contributed by atoms with Crippen LogP contribution in [0.3, 0.4) is 0 Å². The van der Waals surface area contributed by atoms with E-state index in [0.717, 1.165) is 36.6 Å². The quantitative estimate of drug-likeness (QED) is 0.931. The van der Waals surface area contributed by atoms with E-state index in [-0.39, 0.29) is 11.3 Å². The molecule has 1 spiro atoms. The molecule has 1 aliphatic heterocycles. The second-order valence-electron chi connectivity index (χ2n) is 6.38. The summed E-state index contributed by atoms with van der Waals surface area (Å²) in [6.45, 7) is 6.57. The predicted octanol–water partition coefficient (Wildman–Crippen LogP) is 2.84. The molecule has 0 bridgehead atoms. The number of aromatic nitrogens is 1. The minimum absolute atomic E-state index is 0.0349. The molecule has 0 amide bonds. The van der Waals surface area contributed by atoms with E-state index in [1.54, 1.807) is 11.3 Å². The minimum atomic E-state index is -0.610. The van der Waals surface area contributed by atoms with Gasteiger partial charge in [-0.15, -0.1) is 11.3 Å². The van der Waals surface area contributed by atoms with Gasteiger partial charge in [0, 0.05) is 18.0 Å². The van der Waals surface area contributed by atoms with E-state index in [1.807, 2.05) is 6.92 Å². The molecule has 0 radical (unpaired) electrons. The summed E-state index contributed by atoms with van der Waals surface area (Å²) in [5, 5.41) is 10.7.